The molecule has 1 aliphatic heterocycles. The lowest BCUT2D eigenvalue weighted by Crippen LogP contribution is -2.32. The third kappa shape index (κ3) is 4.45. The number of nitrogens with zero attached hydrogens (tertiary/aromatic N) is 1. The molecule has 7 heteroatoms. The summed E-state index contributed by atoms with van der Waals surface area (Å²) in [5, 5.41) is 9.60. The molecule has 0 radical (unpaired) electrons. The minimum Gasteiger partial charge on any atom is -0.492 e. The number of hydrogen-bond donors (Lipinski definition) is 3. The minimum atomic E-state index is -1.55. The van der Waals surface area contributed by atoms with Crippen molar-refractivity contribution in [2.24, 2.45) is 15.5 Å². The summed E-state index contributed by atoms with van der Waals surface area (Å²) in [5.41, 5.74) is 6.86. The van der Waals surface area contributed by atoms with Crippen molar-refractivity contribution in [3.8, 4) is 5.75 Å². The Bertz CT molecular complexity index is 563. The van der Waals surface area contributed by atoms with Crippen molar-refractivity contribution in [3.63, 3.8) is 0 Å². The smallest absolute Gasteiger partial charge is 0.245 e. The minimum absolute atomic E-state index is 0.0703. The molecule has 0 bridgehead atoms. The third-order valence-electron chi connectivity index (χ3n) is 4.03. The average molecular weight is 341 g/mol. The Morgan fingerprint density at radius 3 is 2.57 bits per heavy atom. The molecular weight excluding hydrogens is 314 g/mol. The van der Waals surface area contributed by atoms with Crippen LogP contribution in [-0.4, -0.2) is 28.4 Å². The molecule has 1 aromatic carbocycles. The van der Waals surface area contributed by atoms with E-state index in [2.05, 4.69) is 9.12 Å². The Labute approximate surface area is 140 Å². The first-order valence-corrected chi connectivity index (χ1v) is 9.05. The Kier molecular flexibility index (Phi) is 7.51. The van der Waals surface area contributed by atoms with Crippen LogP contribution >= 0.6 is 0 Å². The van der Waals surface area contributed by atoms with Gasteiger partial charge in [0.15, 0.2) is 0 Å². The lowest BCUT2D eigenvalue weighted by molar-refractivity contribution is 0.0588. The Balaban J connectivity index is 0.00000127. The first-order valence-electron chi connectivity index (χ1n) is 7.95. The standard InChI is InChI=1S/C14H21N3O3S.C2H6/c1-3-14(4-2,8-18)9-20-11-7-5-6-10-12(11)13(15)17-21(19)16-10;1-2/h5-7,16,18H,3-4,8-9H2,1-2H3,(H2,15,17);1-2H3. The number of amidine groups is 1. The van der Waals surface area contributed by atoms with Crippen LogP contribution in [0.2, 0.25) is 0 Å². The quantitative estimate of drug-likeness (QED) is 0.741. The second-order valence-electron chi connectivity index (χ2n) is 5.16. The Morgan fingerprint density at radius 2 is 2.00 bits per heavy atom. The molecular formula is C16H27N3O3S. The number of benzene rings is 1. The van der Waals surface area contributed by atoms with Gasteiger partial charge >= 0.3 is 0 Å². The van der Waals surface area contributed by atoms with Gasteiger partial charge in [-0.15, -0.1) is 0 Å². The van der Waals surface area contributed by atoms with Crippen molar-refractivity contribution in [1.82, 2.24) is 0 Å². The van der Waals surface area contributed by atoms with Crippen LogP contribution in [0.1, 0.15) is 46.1 Å². The summed E-state index contributed by atoms with van der Waals surface area (Å²) in [5.74, 6) is 0.776. The van der Waals surface area contributed by atoms with Crippen LogP contribution in [0.15, 0.2) is 22.6 Å². The second kappa shape index (κ2) is 8.88. The fraction of sp³-hybridized carbons (Fsp3) is 0.562. The van der Waals surface area contributed by atoms with E-state index in [4.69, 9.17) is 10.5 Å². The van der Waals surface area contributed by atoms with Crippen molar-refractivity contribution in [1.29, 1.82) is 0 Å². The topological polar surface area (TPSA) is 96.9 Å². The summed E-state index contributed by atoms with van der Waals surface area (Å²) in [7, 11) is 0. The monoisotopic (exact) mass is 341 g/mol. The van der Waals surface area contributed by atoms with E-state index in [1.807, 2.05) is 27.7 Å². The molecule has 1 unspecified atom stereocenters. The van der Waals surface area contributed by atoms with Gasteiger partial charge in [-0.1, -0.05) is 33.8 Å². The number of aliphatic hydroxyl groups is 1. The molecule has 0 saturated heterocycles. The largest absolute Gasteiger partial charge is 0.492 e. The molecule has 1 aromatic rings. The van der Waals surface area contributed by atoms with E-state index in [9.17, 15) is 9.32 Å². The number of anilines is 1. The van der Waals surface area contributed by atoms with Crippen LogP contribution < -0.4 is 15.2 Å². The zero-order valence-electron chi connectivity index (χ0n) is 14.3. The summed E-state index contributed by atoms with van der Waals surface area (Å²) < 4.78 is 23.9. The van der Waals surface area contributed by atoms with Crippen molar-refractivity contribution in [2.75, 3.05) is 17.9 Å². The zero-order chi connectivity index (χ0) is 17.5. The number of nitrogens with one attached hydrogen (secondary N) is 1. The maximum atomic E-state index is 11.5. The zero-order valence-corrected chi connectivity index (χ0v) is 15.1. The fourth-order valence-electron chi connectivity index (χ4n) is 2.21. The van der Waals surface area contributed by atoms with E-state index in [0.29, 0.717) is 23.6 Å². The molecule has 0 saturated carbocycles. The van der Waals surface area contributed by atoms with Crippen molar-refractivity contribution >= 4 is 22.7 Å². The molecule has 1 atom stereocenters. The highest BCUT2D eigenvalue weighted by Crippen LogP contribution is 2.32. The predicted molar refractivity (Wildman–Crippen MR) is 95.9 cm³/mol. The summed E-state index contributed by atoms with van der Waals surface area (Å²) in [6.45, 7) is 8.53. The maximum Gasteiger partial charge on any atom is 0.245 e. The summed E-state index contributed by atoms with van der Waals surface area (Å²) >= 11 is -1.55. The van der Waals surface area contributed by atoms with Crippen molar-refractivity contribution < 1.29 is 14.1 Å². The van der Waals surface area contributed by atoms with Gasteiger partial charge in [0.05, 0.1) is 24.5 Å². The van der Waals surface area contributed by atoms with Crippen molar-refractivity contribution in [3.05, 3.63) is 23.8 Å². The molecule has 4 N–H and O–H groups in total. The van der Waals surface area contributed by atoms with E-state index in [-0.39, 0.29) is 17.9 Å². The average Bonchev–Trinajstić information content (AvgIpc) is 2.58. The first-order chi connectivity index (χ1) is 11.0. The predicted octanol–water partition coefficient (Wildman–Crippen LogP) is 2.60. The number of aliphatic hydroxyl groups excluding tert-OH is 1. The highest BCUT2D eigenvalue weighted by atomic mass is 32.2. The number of ether oxygens (including phenoxy) is 1. The lowest BCUT2D eigenvalue weighted by Gasteiger charge is -2.30. The van der Waals surface area contributed by atoms with Crippen LogP contribution in [0.5, 0.6) is 5.75 Å². The molecule has 23 heavy (non-hydrogen) atoms. The van der Waals surface area contributed by atoms with Gasteiger partial charge in [0.2, 0.25) is 11.2 Å². The summed E-state index contributed by atoms with van der Waals surface area (Å²) in [6, 6.07) is 5.38. The van der Waals surface area contributed by atoms with Gasteiger partial charge in [-0.25, -0.2) is 4.21 Å². The van der Waals surface area contributed by atoms with Gasteiger partial charge in [0, 0.05) is 5.41 Å². The van der Waals surface area contributed by atoms with Gasteiger partial charge in [-0.3, -0.25) is 4.72 Å². The van der Waals surface area contributed by atoms with E-state index >= 15 is 0 Å². The molecule has 0 amide bonds. The van der Waals surface area contributed by atoms with Gasteiger partial charge < -0.3 is 15.6 Å². The first kappa shape index (κ1) is 19.4. The molecule has 6 nitrogen and oxygen atoms in total. The Morgan fingerprint density at radius 1 is 1.35 bits per heavy atom. The van der Waals surface area contributed by atoms with Gasteiger partial charge in [0.25, 0.3) is 0 Å². The number of nitrogens with two attached hydrogens (primary N) is 1. The normalized spacial score (nSPS) is 16.4. The van der Waals surface area contributed by atoms with E-state index < -0.39 is 11.2 Å². The van der Waals surface area contributed by atoms with Crippen LogP contribution in [0.3, 0.4) is 0 Å². The molecule has 130 valence electrons. The maximum absolute atomic E-state index is 11.5. The molecule has 0 spiro atoms. The SMILES string of the molecule is CC.CCC(CC)(CO)COc1cccc2c1C(N)=NS(=O)N2. The summed E-state index contributed by atoms with van der Waals surface area (Å²) in [6.07, 6.45) is 1.64. The highest BCUT2D eigenvalue weighted by Gasteiger charge is 2.28. The molecule has 0 aromatic heterocycles. The Hall–Kier alpha value is -1.60. The van der Waals surface area contributed by atoms with Crippen LogP contribution in [0.25, 0.3) is 0 Å². The number of rotatable bonds is 6. The van der Waals surface area contributed by atoms with E-state index in [1.54, 1.807) is 18.2 Å². The van der Waals surface area contributed by atoms with Crippen LogP contribution in [0.4, 0.5) is 5.69 Å². The molecule has 1 aliphatic rings. The van der Waals surface area contributed by atoms with Crippen LogP contribution in [0, 0.1) is 5.41 Å². The molecule has 1 heterocycles. The van der Waals surface area contributed by atoms with Gasteiger partial charge in [0.1, 0.15) is 11.6 Å². The lowest BCUT2D eigenvalue weighted by atomic mass is 9.84. The third-order valence-corrected chi connectivity index (χ3v) is 4.79. The van der Waals surface area contributed by atoms with Crippen LogP contribution in [-0.2, 0) is 11.2 Å². The molecule has 0 aliphatic carbocycles. The van der Waals surface area contributed by atoms with E-state index in [0.717, 1.165) is 12.8 Å². The number of hydrogen-bond acceptors (Lipinski definition) is 4. The fourth-order valence-corrected chi connectivity index (χ4v) is 2.88. The number of fused-ring (bicyclic) bond motifs is 1. The van der Waals surface area contributed by atoms with Crippen molar-refractivity contribution in [2.45, 2.75) is 40.5 Å². The molecule has 0 fully saturated rings. The summed E-state index contributed by atoms with van der Waals surface area (Å²) in [4.78, 5) is 0. The van der Waals surface area contributed by atoms with Gasteiger partial charge in [-0.2, -0.15) is 4.40 Å². The van der Waals surface area contributed by atoms with Gasteiger partial charge in [-0.05, 0) is 25.0 Å². The molecule has 2 rings (SSSR count). The second-order valence-corrected chi connectivity index (χ2v) is 6.05. The van der Waals surface area contributed by atoms with E-state index in [1.165, 1.54) is 0 Å². The highest BCUT2D eigenvalue weighted by molar-refractivity contribution is 7.85.